The zero-order valence-corrected chi connectivity index (χ0v) is 29.1. The van der Waals surface area contributed by atoms with E-state index in [1.165, 1.54) is 4.90 Å². The molecule has 3 heterocycles. The first-order valence-corrected chi connectivity index (χ1v) is 17.4. The Morgan fingerprint density at radius 1 is 0.979 bits per heavy atom. The van der Waals surface area contributed by atoms with Gasteiger partial charge in [0.05, 0.1) is 51.5 Å². The second kappa shape index (κ2) is 15.7. The van der Waals surface area contributed by atoms with Gasteiger partial charge in [0.2, 0.25) is 5.91 Å². The van der Waals surface area contributed by atoms with Crippen LogP contribution >= 0.6 is 0 Å². The number of amides is 2. The molecule has 0 saturated carbocycles. The molecule has 5 rings (SSSR count). The van der Waals surface area contributed by atoms with Crippen molar-refractivity contribution in [3.8, 4) is 11.5 Å². The Morgan fingerprint density at radius 3 is 2.40 bits per heavy atom. The van der Waals surface area contributed by atoms with Crippen LogP contribution in [0, 0.1) is 5.41 Å². The molecule has 0 aromatic heterocycles. The molecule has 0 unspecified atom stereocenters. The zero-order chi connectivity index (χ0) is 34.3. The third-order valence-electron chi connectivity index (χ3n) is 9.54. The molecule has 2 aromatic carbocycles. The third kappa shape index (κ3) is 8.30. The van der Waals surface area contributed by atoms with Gasteiger partial charge in [-0.25, -0.2) is 0 Å². The van der Waals surface area contributed by atoms with E-state index >= 15 is 0 Å². The molecule has 2 aromatic rings. The molecule has 11 nitrogen and oxygen atoms in total. The van der Waals surface area contributed by atoms with Gasteiger partial charge in [-0.1, -0.05) is 39.0 Å². The molecule has 1 fully saturated rings. The lowest BCUT2D eigenvalue weighted by atomic mass is 9.85. The number of guanidine groups is 1. The number of nitrogens with zero attached hydrogens (tertiary/aromatic N) is 1. The fraction of sp³-hybridized carbons (Fsp3) is 0.595. The van der Waals surface area contributed by atoms with E-state index in [1.807, 2.05) is 52.0 Å². The molecule has 3 atom stereocenters. The minimum Gasteiger partial charge on any atom is -0.488 e. The molecule has 0 radical (unpaired) electrons. The van der Waals surface area contributed by atoms with Gasteiger partial charge in [-0.3, -0.25) is 19.9 Å². The Hall–Kier alpha value is -3.67. The topological polar surface area (TPSA) is 131 Å². The van der Waals surface area contributed by atoms with Gasteiger partial charge in [0.1, 0.15) is 23.2 Å². The largest absolute Gasteiger partial charge is 0.488 e. The number of carbonyl (C=O) groups is 2. The Labute approximate surface area is 284 Å². The predicted molar refractivity (Wildman–Crippen MR) is 183 cm³/mol. The molecule has 2 amide bonds. The Bertz CT molecular complexity index is 1420. The molecule has 0 aliphatic carbocycles. The number of carbonyl (C=O) groups excluding carboxylic acids is 2. The predicted octanol–water partition coefficient (Wildman–Crippen LogP) is 5.69. The standard InChI is InChI=1S/C37H52N4O7/c1-6-15-44-16-17-45-18-19-46-24-26-21-30(41-33(42)23-37(7-2,8-3)40-35(41)38)28-20-25(13-14-31(28)47-26)34(43)39-29-22-36(4,5)48-32-12-10-9-11-27(29)32/h9-14,20,26,29-30H,6-8,15-19,21-24H2,1-5H3,(H2,38,40)(H,39,43)/t26-,29+,30+/m1/s1. The van der Waals surface area contributed by atoms with E-state index in [4.69, 9.17) is 29.1 Å². The van der Waals surface area contributed by atoms with Crippen LogP contribution in [0.15, 0.2) is 42.5 Å². The number of fused-ring (bicyclic) bond motifs is 2. The SMILES string of the molecule is CCCOCCOCCOC[C@H]1C[C@H](N2C(=N)NC(CC)(CC)CC2=O)c2cc(C(=O)N[C@H]3CC(C)(C)Oc4ccccc43)ccc2O1. The van der Waals surface area contributed by atoms with E-state index in [0.717, 1.165) is 37.2 Å². The molecule has 3 N–H and O–H groups in total. The van der Waals surface area contributed by atoms with E-state index in [9.17, 15) is 9.59 Å². The van der Waals surface area contributed by atoms with Crippen molar-refractivity contribution in [2.75, 3.05) is 39.6 Å². The van der Waals surface area contributed by atoms with E-state index in [1.54, 1.807) is 18.2 Å². The molecule has 3 aliphatic heterocycles. The summed E-state index contributed by atoms with van der Waals surface area (Å²) in [5, 5.41) is 15.5. The minimum atomic E-state index is -0.510. The van der Waals surface area contributed by atoms with Crippen molar-refractivity contribution < 1.29 is 33.3 Å². The van der Waals surface area contributed by atoms with E-state index in [-0.39, 0.29) is 36.3 Å². The average molecular weight is 665 g/mol. The maximum absolute atomic E-state index is 13.8. The second-order valence-electron chi connectivity index (χ2n) is 13.6. The van der Waals surface area contributed by atoms with Crippen molar-refractivity contribution in [1.29, 1.82) is 5.41 Å². The number of ether oxygens (including phenoxy) is 5. The number of hydrogen-bond donors (Lipinski definition) is 3. The summed E-state index contributed by atoms with van der Waals surface area (Å²) in [4.78, 5) is 29.1. The van der Waals surface area contributed by atoms with Crippen LogP contribution in [0.3, 0.4) is 0 Å². The molecule has 262 valence electrons. The van der Waals surface area contributed by atoms with E-state index in [2.05, 4.69) is 17.6 Å². The van der Waals surface area contributed by atoms with Crippen LogP contribution in [0.4, 0.5) is 0 Å². The van der Waals surface area contributed by atoms with Crippen molar-refractivity contribution in [2.24, 2.45) is 0 Å². The summed E-state index contributed by atoms with van der Waals surface area (Å²) in [6, 6.07) is 12.4. The third-order valence-corrected chi connectivity index (χ3v) is 9.54. The highest BCUT2D eigenvalue weighted by Gasteiger charge is 2.45. The number of hydrogen-bond acceptors (Lipinski definition) is 8. The summed E-state index contributed by atoms with van der Waals surface area (Å²) < 4.78 is 29.5. The average Bonchev–Trinajstić information content (AvgIpc) is 3.06. The van der Waals surface area contributed by atoms with Crippen LogP contribution in [0.25, 0.3) is 0 Å². The summed E-state index contributed by atoms with van der Waals surface area (Å²) >= 11 is 0. The summed E-state index contributed by atoms with van der Waals surface area (Å²) in [7, 11) is 0. The van der Waals surface area contributed by atoms with Gasteiger partial charge in [0.25, 0.3) is 5.91 Å². The van der Waals surface area contributed by atoms with Crippen molar-refractivity contribution in [1.82, 2.24) is 15.5 Å². The van der Waals surface area contributed by atoms with Crippen LogP contribution < -0.4 is 20.1 Å². The van der Waals surface area contributed by atoms with Crippen LogP contribution in [0.5, 0.6) is 11.5 Å². The lowest BCUT2D eigenvalue weighted by molar-refractivity contribution is -0.133. The molecule has 0 bridgehead atoms. The zero-order valence-electron chi connectivity index (χ0n) is 29.1. The monoisotopic (exact) mass is 664 g/mol. The van der Waals surface area contributed by atoms with Crippen LogP contribution in [-0.2, 0) is 19.0 Å². The van der Waals surface area contributed by atoms with Crippen molar-refractivity contribution in [2.45, 2.75) is 102 Å². The lowest BCUT2D eigenvalue weighted by Crippen LogP contribution is -2.63. The molecule has 0 spiro atoms. The number of rotatable bonds is 15. The molecular formula is C37H52N4O7. The quantitative estimate of drug-likeness (QED) is 0.207. The normalized spacial score (nSPS) is 22.5. The lowest BCUT2D eigenvalue weighted by Gasteiger charge is -2.46. The smallest absolute Gasteiger partial charge is 0.251 e. The Morgan fingerprint density at radius 2 is 1.69 bits per heavy atom. The first kappa shape index (κ1) is 35.6. The first-order chi connectivity index (χ1) is 23.1. The maximum atomic E-state index is 13.8. The number of benzene rings is 2. The maximum Gasteiger partial charge on any atom is 0.251 e. The molecular weight excluding hydrogens is 612 g/mol. The van der Waals surface area contributed by atoms with Crippen LogP contribution in [0.2, 0.25) is 0 Å². The highest BCUT2D eigenvalue weighted by Crippen LogP contribution is 2.42. The summed E-state index contributed by atoms with van der Waals surface area (Å²) in [5.41, 5.74) is 1.21. The molecule has 11 heteroatoms. The Balaban J connectivity index is 1.33. The molecule has 48 heavy (non-hydrogen) atoms. The summed E-state index contributed by atoms with van der Waals surface area (Å²) in [6.07, 6.45) is 3.39. The van der Waals surface area contributed by atoms with Gasteiger partial charge in [0, 0.05) is 41.7 Å². The fourth-order valence-corrected chi connectivity index (χ4v) is 6.84. The number of nitrogens with one attached hydrogen (secondary N) is 3. The highest BCUT2D eigenvalue weighted by atomic mass is 16.6. The second-order valence-corrected chi connectivity index (χ2v) is 13.6. The highest BCUT2D eigenvalue weighted by molar-refractivity contribution is 6.00. The van der Waals surface area contributed by atoms with Gasteiger partial charge >= 0.3 is 0 Å². The van der Waals surface area contributed by atoms with E-state index < -0.39 is 17.2 Å². The van der Waals surface area contributed by atoms with Crippen molar-refractivity contribution in [3.63, 3.8) is 0 Å². The Kier molecular flexibility index (Phi) is 11.7. The van der Waals surface area contributed by atoms with Gasteiger partial charge in [-0.05, 0) is 57.4 Å². The van der Waals surface area contributed by atoms with Gasteiger partial charge < -0.3 is 34.3 Å². The van der Waals surface area contributed by atoms with Gasteiger partial charge in [-0.2, -0.15) is 0 Å². The molecule has 1 saturated heterocycles. The fourth-order valence-electron chi connectivity index (χ4n) is 6.84. The van der Waals surface area contributed by atoms with Crippen LogP contribution in [-0.4, -0.2) is 79.6 Å². The van der Waals surface area contributed by atoms with Gasteiger partial charge in [-0.15, -0.1) is 0 Å². The van der Waals surface area contributed by atoms with Crippen molar-refractivity contribution >= 4 is 17.8 Å². The summed E-state index contributed by atoms with van der Waals surface area (Å²) in [6.45, 7) is 13.1. The van der Waals surface area contributed by atoms with Crippen LogP contribution in [0.1, 0.15) is 107 Å². The minimum absolute atomic E-state index is 0.0714. The van der Waals surface area contributed by atoms with Crippen molar-refractivity contribution in [3.05, 3.63) is 59.2 Å². The first-order valence-electron chi connectivity index (χ1n) is 17.4. The van der Waals surface area contributed by atoms with Gasteiger partial charge in [0.15, 0.2) is 5.96 Å². The molecule has 3 aliphatic rings. The summed E-state index contributed by atoms with van der Waals surface area (Å²) in [5.74, 6) is 1.07. The number of para-hydroxylation sites is 1. The van der Waals surface area contributed by atoms with E-state index in [0.29, 0.717) is 62.8 Å².